The van der Waals surface area contributed by atoms with Crippen molar-refractivity contribution in [3.63, 3.8) is 0 Å². The second kappa shape index (κ2) is 20.6. The Bertz CT molecular complexity index is 2200. The minimum absolute atomic E-state index is 0.0174. The summed E-state index contributed by atoms with van der Waals surface area (Å²) in [7, 11) is 0. The molecule has 3 N–H and O–H groups in total. The minimum atomic E-state index is -0.988. The number of nitrogens with zero attached hydrogens (tertiary/aromatic N) is 10. The van der Waals surface area contributed by atoms with E-state index in [2.05, 4.69) is 35.7 Å². The van der Waals surface area contributed by atoms with E-state index in [1.807, 2.05) is 24.3 Å². The Morgan fingerprint density at radius 2 is 1.54 bits per heavy atom. The highest BCUT2D eigenvalue weighted by Crippen LogP contribution is 2.30. The van der Waals surface area contributed by atoms with Gasteiger partial charge in [-0.2, -0.15) is 9.41 Å². The number of aromatic carboxylic acids is 1. The van der Waals surface area contributed by atoms with Crippen molar-refractivity contribution in [1.29, 1.82) is 0 Å². The molecule has 3 saturated heterocycles. The highest BCUT2D eigenvalue weighted by molar-refractivity contribution is 7.99. The number of hydrogen-bond acceptors (Lipinski definition) is 14. The fraction of sp³-hybridized carbons (Fsp3) is 0.375. The average molecular weight is 856 g/mol. The van der Waals surface area contributed by atoms with Gasteiger partial charge in [0.25, 0.3) is 5.91 Å². The van der Waals surface area contributed by atoms with Crippen LogP contribution in [0.15, 0.2) is 90.7 Å². The number of nitrogens with one attached hydrogen (secondary N) is 1. The molecule has 0 spiro atoms. The van der Waals surface area contributed by atoms with E-state index >= 15 is 0 Å². The minimum Gasteiger partial charge on any atom is -0.478 e. The van der Waals surface area contributed by atoms with Crippen molar-refractivity contribution < 1.29 is 43.7 Å². The first-order valence-corrected chi connectivity index (χ1v) is 20.6. The van der Waals surface area contributed by atoms with Crippen LogP contribution in [0.1, 0.15) is 52.0 Å². The lowest BCUT2D eigenvalue weighted by Gasteiger charge is -2.31. The predicted octanol–water partition coefficient (Wildman–Crippen LogP) is 4.05. The molecule has 6 heterocycles. The monoisotopic (exact) mass is 855 g/mol. The number of pyridine rings is 1. The van der Waals surface area contributed by atoms with Crippen molar-refractivity contribution in [1.82, 2.24) is 49.6 Å². The molecule has 2 aromatic carbocycles. The number of carboxylic acids is 1. The molecule has 0 atom stereocenters. The highest BCUT2D eigenvalue weighted by Gasteiger charge is 2.27. The Hall–Kier alpha value is -6.58. The van der Waals surface area contributed by atoms with Crippen LogP contribution in [0.3, 0.4) is 0 Å². The van der Waals surface area contributed by atoms with Gasteiger partial charge in [0.2, 0.25) is 5.16 Å². The molecular weight excluding hydrogens is 811 g/mol. The number of morpholine rings is 1. The zero-order valence-corrected chi connectivity index (χ0v) is 33.9. The Balaban J connectivity index is 0.000000202. The van der Waals surface area contributed by atoms with Gasteiger partial charge in [-0.05, 0) is 77.4 Å². The Morgan fingerprint density at radius 3 is 2.18 bits per heavy atom. The summed E-state index contributed by atoms with van der Waals surface area (Å²) in [5.41, 5.74) is 2.57. The third kappa shape index (κ3) is 12.0. The van der Waals surface area contributed by atoms with E-state index in [1.165, 1.54) is 35.0 Å². The van der Waals surface area contributed by atoms with E-state index in [-0.39, 0.29) is 22.8 Å². The standard InChI is InChI=1S/C26H30N6O5.C14H15N5O4S/c33-25(21-3-1-20(2-4-21)18-30-13-15-35-16-14-30)29-24-6-5-23(17-28-24)36-26(34)31-10-7-22(8-11-31)37-32-12-9-27-19-32;20-12(21)9-1-3-10(4-2-9)19-13(15-16-17-19)24-11-5-7-18(8-6-11)14(22)23/h1-6,9,12,17,19,22H,7-8,10-11,13-16,18H2,(H,28,29,33);1-4,11H,5-8H2,(H,20,21)(H,22,23). The van der Waals surface area contributed by atoms with Crippen LogP contribution in [0, 0.1) is 0 Å². The lowest BCUT2D eigenvalue weighted by Crippen LogP contribution is -2.44. The van der Waals surface area contributed by atoms with Crippen LogP contribution >= 0.6 is 11.8 Å². The first-order valence-electron chi connectivity index (χ1n) is 19.7. The van der Waals surface area contributed by atoms with Gasteiger partial charge in [-0.25, -0.2) is 24.4 Å². The number of anilines is 1. The van der Waals surface area contributed by atoms with Crippen LogP contribution in [0.4, 0.5) is 15.4 Å². The van der Waals surface area contributed by atoms with Gasteiger partial charge in [0.05, 0.1) is 36.9 Å². The van der Waals surface area contributed by atoms with Crippen LogP contribution < -0.4 is 14.9 Å². The Kier molecular flexibility index (Phi) is 14.4. The lowest BCUT2D eigenvalue weighted by atomic mass is 10.1. The van der Waals surface area contributed by atoms with Crippen molar-refractivity contribution in [2.45, 2.75) is 48.7 Å². The quantitative estimate of drug-likeness (QED) is 0.170. The number of rotatable bonds is 11. The normalized spacial score (nSPS) is 16.3. The largest absolute Gasteiger partial charge is 0.478 e. The number of aromatic nitrogens is 7. The van der Waals surface area contributed by atoms with Crippen molar-refractivity contribution >= 4 is 41.6 Å². The molecule has 0 unspecified atom stereocenters. The second-order valence-electron chi connectivity index (χ2n) is 14.3. The highest BCUT2D eigenvalue weighted by atomic mass is 32.2. The number of thioether (sulfide) groups is 1. The fourth-order valence-electron chi connectivity index (χ4n) is 6.75. The van der Waals surface area contributed by atoms with Crippen LogP contribution in [0.25, 0.3) is 5.69 Å². The molecular formula is C40H45N11O9S. The average Bonchev–Trinajstić information content (AvgIpc) is 3.98. The number of amides is 3. The maximum Gasteiger partial charge on any atom is 0.415 e. The van der Waals surface area contributed by atoms with E-state index in [1.54, 1.807) is 57.3 Å². The van der Waals surface area contributed by atoms with Crippen LogP contribution in [0.5, 0.6) is 5.75 Å². The van der Waals surface area contributed by atoms with Gasteiger partial charge >= 0.3 is 18.2 Å². The summed E-state index contributed by atoms with van der Waals surface area (Å²) in [6.07, 6.45) is 7.99. The zero-order valence-electron chi connectivity index (χ0n) is 33.1. The summed E-state index contributed by atoms with van der Waals surface area (Å²) in [6.45, 7) is 6.25. The molecule has 320 valence electrons. The number of carbonyl (C=O) groups excluding carboxylic acids is 2. The first kappa shape index (κ1) is 42.5. The number of likely N-dealkylation sites (tertiary alicyclic amines) is 2. The first-order chi connectivity index (χ1) is 29.7. The molecule has 8 rings (SSSR count). The summed E-state index contributed by atoms with van der Waals surface area (Å²) in [4.78, 5) is 66.3. The number of tetrazole rings is 1. The third-order valence-corrected chi connectivity index (χ3v) is 11.4. The molecule has 61 heavy (non-hydrogen) atoms. The Labute approximate surface area is 354 Å². The number of benzene rings is 2. The number of ether oxygens (including phenoxy) is 2. The lowest BCUT2D eigenvalue weighted by molar-refractivity contribution is -0.0000378. The van der Waals surface area contributed by atoms with Crippen molar-refractivity contribution in [3.8, 4) is 11.4 Å². The summed E-state index contributed by atoms with van der Waals surface area (Å²) in [6, 6.07) is 17.1. The van der Waals surface area contributed by atoms with Crippen molar-refractivity contribution in [3.05, 3.63) is 102 Å². The van der Waals surface area contributed by atoms with Crippen molar-refractivity contribution in [2.75, 3.05) is 57.8 Å². The molecule has 0 saturated carbocycles. The summed E-state index contributed by atoms with van der Waals surface area (Å²) >= 11 is 1.51. The molecule has 3 aromatic heterocycles. The van der Waals surface area contributed by atoms with Crippen molar-refractivity contribution in [2.24, 2.45) is 0 Å². The SMILES string of the molecule is O=C(Nc1ccc(OC(=O)N2CCC(On3ccnc3)CC2)cn1)c1ccc(CN2CCOCC2)cc1.O=C(O)c1ccc(-n2nnnc2SC2CCN(C(=O)O)CC2)cc1. The summed E-state index contributed by atoms with van der Waals surface area (Å²) < 4.78 is 14.0. The molecule has 0 aliphatic carbocycles. The smallest absolute Gasteiger partial charge is 0.415 e. The van der Waals surface area contributed by atoms with E-state index in [0.29, 0.717) is 67.0 Å². The molecule has 20 nitrogen and oxygen atoms in total. The number of carboxylic acid groups (broad SMARTS) is 2. The molecule has 0 radical (unpaired) electrons. The molecule has 5 aromatic rings. The zero-order chi connectivity index (χ0) is 42.6. The number of hydrogen-bond donors (Lipinski definition) is 3. The second-order valence-corrected chi connectivity index (χ2v) is 15.6. The molecule has 3 fully saturated rings. The van der Waals surface area contributed by atoms with Gasteiger partial charge in [0.1, 0.15) is 18.2 Å². The van der Waals surface area contributed by atoms with E-state index in [4.69, 9.17) is 24.5 Å². The number of piperidine rings is 2. The summed E-state index contributed by atoms with van der Waals surface area (Å²) in [5, 5.41) is 33.2. The maximum atomic E-state index is 12.6. The van der Waals surface area contributed by atoms with Gasteiger partial charge in [-0.3, -0.25) is 9.69 Å². The topological polar surface area (TPSA) is 232 Å². The molecule has 21 heteroatoms. The van der Waals surface area contributed by atoms with Gasteiger partial charge in [-0.15, -0.1) is 5.10 Å². The maximum absolute atomic E-state index is 12.6. The third-order valence-electron chi connectivity index (χ3n) is 10.1. The Morgan fingerprint density at radius 1 is 0.836 bits per heavy atom. The van der Waals surface area contributed by atoms with Gasteiger partial charge in [-0.1, -0.05) is 23.9 Å². The van der Waals surface area contributed by atoms with Crippen LogP contribution in [-0.2, 0) is 11.3 Å². The molecule has 0 bridgehead atoms. The predicted molar refractivity (Wildman–Crippen MR) is 219 cm³/mol. The van der Waals surface area contributed by atoms with Gasteiger partial charge in [0, 0.05) is 75.7 Å². The van der Waals surface area contributed by atoms with Gasteiger partial charge in [0.15, 0.2) is 5.75 Å². The van der Waals surface area contributed by atoms with E-state index in [0.717, 1.165) is 51.3 Å². The fourth-order valence-corrected chi connectivity index (χ4v) is 7.82. The number of imidazole rings is 1. The van der Waals surface area contributed by atoms with Crippen LogP contribution in [-0.4, -0.2) is 148 Å². The van der Waals surface area contributed by atoms with E-state index < -0.39 is 18.2 Å². The number of carbonyl (C=O) groups is 4. The molecule has 3 amide bonds. The van der Waals surface area contributed by atoms with E-state index in [9.17, 15) is 19.2 Å². The van der Waals surface area contributed by atoms with Crippen LogP contribution in [0.2, 0.25) is 0 Å². The van der Waals surface area contributed by atoms with Gasteiger partial charge < -0.3 is 39.6 Å². The molecule has 3 aliphatic rings. The molecule has 3 aliphatic heterocycles. The summed E-state index contributed by atoms with van der Waals surface area (Å²) in [5.74, 6) is -0.555.